The Hall–Kier alpha value is -0.510. The standard InChI is InChI=1S/C14H17Br2FN2O3S/c15-11-7-10(17)8-12(16)13(11)23(21,22)19-6-5-18-14(20)9-3-1-2-4-9/h7-9,19H,1-6H2,(H,18,20). The summed E-state index contributed by atoms with van der Waals surface area (Å²) in [6, 6.07) is 2.17. The second-order valence-corrected chi connectivity index (χ2v) is 8.78. The summed E-state index contributed by atoms with van der Waals surface area (Å²) in [7, 11) is -3.82. The zero-order chi connectivity index (χ0) is 17.0. The molecule has 0 radical (unpaired) electrons. The third kappa shape index (κ3) is 4.98. The van der Waals surface area contributed by atoms with Gasteiger partial charge in [-0.15, -0.1) is 0 Å². The molecule has 128 valence electrons. The van der Waals surface area contributed by atoms with Gasteiger partial charge in [0.05, 0.1) is 0 Å². The number of carbonyl (C=O) groups is 1. The fourth-order valence-electron chi connectivity index (χ4n) is 2.56. The van der Waals surface area contributed by atoms with Gasteiger partial charge in [-0.1, -0.05) is 12.8 Å². The molecule has 1 aromatic rings. The Bertz CT molecular complexity index is 668. The smallest absolute Gasteiger partial charge is 0.242 e. The van der Waals surface area contributed by atoms with E-state index in [0.717, 1.165) is 37.8 Å². The molecule has 0 aliphatic heterocycles. The molecule has 0 heterocycles. The third-order valence-corrected chi connectivity index (χ3v) is 7.01. The monoisotopic (exact) mass is 470 g/mol. The van der Waals surface area contributed by atoms with Gasteiger partial charge in [-0.3, -0.25) is 4.79 Å². The highest BCUT2D eigenvalue weighted by molar-refractivity contribution is 9.11. The number of nitrogens with one attached hydrogen (secondary N) is 2. The average Bonchev–Trinajstić information content (AvgIpc) is 2.96. The predicted octanol–water partition coefficient (Wildman–Crippen LogP) is 2.94. The van der Waals surface area contributed by atoms with Crippen LogP contribution in [0.5, 0.6) is 0 Å². The zero-order valence-corrected chi connectivity index (χ0v) is 16.2. The van der Waals surface area contributed by atoms with Crippen LogP contribution in [0.1, 0.15) is 25.7 Å². The molecule has 1 fully saturated rings. The SMILES string of the molecule is O=C(NCCNS(=O)(=O)c1c(Br)cc(F)cc1Br)C1CCCC1. The Kier molecular flexibility index (Phi) is 6.58. The molecule has 5 nitrogen and oxygen atoms in total. The Balaban J connectivity index is 1.91. The van der Waals surface area contributed by atoms with Crippen LogP contribution in [-0.2, 0) is 14.8 Å². The molecule has 1 aromatic carbocycles. The van der Waals surface area contributed by atoms with Crippen molar-refractivity contribution in [3.05, 3.63) is 26.9 Å². The van der Waals surface area contributed by atoms with Crippen molar-refractivity contribution in [3.63, 3.8) is 0 Å². The van der Waals surface area contributed by atoms with E-state index in [1.165, 1.54) is 0 Å². The van der Waals surface area contributed by atoms with E-state index in [2.05, 4.69) is 41.9 Å². The highest BCUT2D eigenvalue weighted by Crippen LogP contribution is 2.30. The van der Waals surface area contributed by atoms with Crippen LogP contribution in [0.15, 0.2) is 26.0 Å². The fraction of sp³-hybridized carbons (Fsp3) is 0.500. The van der Waals surface area contributed by atoms with Crippen LogP contribution in [0.3, 0.4) is 0 Å². The van der Waals surface area contributed by atoms with Crippen molar-refractivity contribution in [2.24, 2.45) is 5.92 Å². The maximum absolute atomic E-state index is 13.2. The van der Waals surface area contributed by atoms with Crippen LogP contribution in [0, 0.1) is 11.7 Å². The highest BCUT2D eigenvalue weighted by atomic mass is 79.9. The van der Waals surface area contributed by atoms with E-state index in [1.54, 1.807) is 0 Å². The Morgan fingerprint density at radius 2 is 1.74 bits per heavy atom. The van der Waals surface area contributed by atoms with Gasteiger partial charge in [0.15, 0.2) is 0 Å². The van der Waals surface area contributed by atoms with Crippen LogP contribution in [-0.4, -0.2) is 27.4 Å². The van der Waals surface area contributed by atoms with Crippen molar-refractivity contribution < 1.29 is 17.6 Å². The van der Waals surface area contributed by atoms with Crippen molar-refractivity contribution in [2.75, 3.05) is 13.1 Å². The van der Waals surface area contributed by atoms with Gasteiger partial charge in [0.1, 0.15) is 10.7 Å². The first-order valence-corrected chi connectivity index (χ1v) is 10.3. The summed E-state index contributed by atoms with van der Waals surface area (Å²) in [4.78, 5) is 11.8. The van der Waals surface area contributed by atoms with Crippen molar-refractivity contribution in [2.45, 2.75) is 30.6 Å². The molecule has 0 saturated heterocycles. The lowest BCUT2D eigenvalue weighted by Gasteiger charge is -2.12. The van der Waals surface area contributed by atoms with Gasteiger partial charge in [0, 0.05) is 28.0 Å². The summed E-state index contributed by atoms with van der Waals surface area (Å²) < 4.78 is 40.4. The Labute approximate surface area is 151 Å². The number of rotatable bonds is 6. The Morgan fingerprint density at radius 1 is 1.17 bits per heavy atom. The first-order valence-electron chi connectivity index (χ1n) is 7.23. The molecule has 9 heteroatoms. The second-order valence-electron chi connectivity index (χ2n) is 5.37. The van der Waals surface area contributed by atoms with Crippen molar-refractivity contribution in [1.82, 2.24) is 10.0 Å². The summed E-state index contributed by atoms with van der Waals surface area (Å²) in [5, 5.41) is 2.74. The van der Waals surface area contributed by atoms with Gasteiger partial charge in [-0.05, 0) is 56.8 Å². The molecule has 0 unspecified atom stereocenters. The van der Waals surface area contributed by atoms with Crippen molar-refractivity contribution in [3.8, 4) is 0 Å². The number of amides is 1. The van der Waals surface area contributed by atoms with E-state index in [-0.39, 0.29) is 38.8 Å². The quantitative estimate of drug-likeness (QED) is 0.626. The van der Waals surface area contributed by atoms with E-state index in [0.29, 0.717) is 0 Å². The molecule has 0 aromatic heterocycles. The Morgan fingerprint density at radius 3 is 2.30 bits per heavy atom. The molecule has 2 rings (SSSR count). The second kappa shape index (κ2) is 8.04. The molecule has 1 saturated carbocycles. The summed E-state index contributed by atoms with van der Waals surface area (Å²) in [5.74, 6) is -0.524. The molecule has 0 bridgehead atoms. The largest absolute Gasteiger partial charge is 0.355 e. The number of hydrogen-bond donors (Lipinski definition) is 2. The number of halogens is 3. The predicted molar refractivity (Wildman–Crippen MR) is 92.0 cm³/mol. The lowest BCUT2D eigenvalue weighted by molar-refractivity contribution is -0.124. The number of carbonyl (C=O) groups excluding carboxylic acids is 1. The van der Waals surface area contributed by atoms with Crippen LogP contribution >= 0.6 is 31.9 Å². The van der Waals surface area contributed by atoms with E-state index in [4.69, 9.17) is 0 Å². The lowest BCUT2D eigenvalue weighted by Crippen LogP contribution is -2.37. The van der Waals surface area contributed by atoms with Gasteiger partial charge < -0.3 is 5.32 Å². The molecule has 1 amide bonds. The molecule has 0 spiro atoms. The van der Waals surface area contributed by atoms with Crippen LogP contribution < -0.4 is 10.0 Å². The highest BCUT2D eigenvalue weighted by Gasteiger charge is 2.23. The molecule has 0 atom stereocenters. The molecule has 1 aliphatic rings. The molecule has 1 aliphatic carbocycles. The molecular formula is C14H17Br2FN2O3S. The normalized spacial score (nSPS) is 15.8. The van der Waals surface area contributed by atoms with Gasteiger partial charge >= 0.3 is 0 Å². The first-order chi connectivity index (χ1) is 10.8. The van der Waals surface area contributed by atoms with Crippen molar-refractivity contribution in [1.29, 1.82) is 0 Å². The van der Waals surface area contributed by atoms with E-state index < -0.39 is 15.8 Å². The first kappa shape index (κ1) is 18.8. The van der Waals surface area contributed by atoms with Gasteiger partial charge in [-0.2, -0.15) is 0 Å². The maximum atomic E-state index is 13.2. The molecule has 2 N–H and O–H groups in total. The molecule has 23 heavy (non-hydrogen) atoms. The zero-order valence-electron chi connectivity index (χ0n) is 12.2. The summed E-state index contributed by atoms with van der Waals surface area (Å²) in [6.45, 7) is 0.280. The average molecular weight is 472 g/mol. The van der Waals surface area contributed by atoms with Gasteiger partial charge in [0.2, 0.25) is 15.9 Å². The van der Waals surface area contributed by atoms with E-state index in [9.17, 15) is 17.6 Å². The third-order valence-electron chi connectivity index (χ3n) is 3.67. The lowest BCUT2D eigenvalue weighted by atomic mass is 10.1. The summed E-state index contributed by atoms with van der Waals surface area (Å²) in [6.07, 6.45) is 3.93. The van der Waals surface area contributed by atoms with Crippen LogP contribution in [0.25, 0.3) is 0 Å². The number of sulfonamides is 1. The van der Waals surface area contributed by atoms with E-state index >= 15 is 0 Å². The minimum Gasteiger partial charge on any atom is -0.355 e. The maximum Gasteiger partial charge on any atom is 0.242 e. The van der Waals surface area contributed by atoms with Crippen LogP contribution in [0.4, 0.5) is 4.39 Å². The number of hydrogen-bond acceptors (Lipinski definition) is 3. The minimum atomic E-state index is -3.82. The van der Waals surface area contributed by atoms with E-state index in [1.807, 2.05) is 0 Å². The van der Waals surface area contributed by atoms with Gasteiger partial charge in [0.25, 0.3) is 0 Å². The molecular weight excluding hydrogens is 455 g/mol. The van der Waals surface area contributed by atoms with Gasteiger partial charge in [-0.25, -0.2) is 17.5 Å². The fourth-order valence-corrected chi connectivity index (χ4v) is 6.12. The minimum absolute atomic E-state index is 0.0224. The van der Waals surface area contributed by atoms with Crippen molar-refractivity contribution >= 4 is 47.8 Å². The summed E-state index contributed by atoms with van der Waals surface area (Å²) >= 11 is 6.10. The summed E-state index contributed by atoms with van der Waals surface area (Å²) in [5.41, 5.74) is 0. The number of benzene rings is 1. The van der Waals surface area contributed by atoms with Crippen LogP contribution in [0.2, 0.25) is 0 Å². The topological polar surface area (TPSA) is 75.3 Å².